The number of amides is 1. The van der Waals surface area contributed by atoms with E-state index in [0.717, 1.165) is 27.5 Å². The predicted molar refractivity (Wildman–Crippen MR) is 204 cm³/mol. The van der Waals surface area contributed by atoms with Gasteiger partial charge < -0.3 is 24.3 Å². The van der Waals surface area contributed by atoms with Crippen molar-refractivity contribution >= 4 is 39.8 Å². The van der Waals surface area contributed by atoms with E-state index in [1.54, 1.807) is 51.0 Å². The van der Waals surface area contributed by atoms with Crippen LogP contribution in [-0.4, -0.2) is 31.8 Å². The lowest BCUT2D eigenvalue weighted by Gasteiger charge is -2.26. The Labute approximate surface area is 304 Å². The average molecular weight is 712 g/mol. The van der Waals surface area contributed by atoms with Crippen molar-refractivity contribution in [2.45, 2.75) is 26.5 Å². The lowest BCUT2D eigenvalue weighted by atomic mass is 9.94. The van der Waals surface area contributed by atoms with Crippen molar-refractivity contribution < 1.29 is 23.7 Å². The van der Waals surface area contributed by atoms with Crippen molar-refractivity contribution in [2.75, 3.05) is 26.6 Å². The Morgan fingerprint density at radius 1 is 0.827 bits per heavy atom. The van der Waals surface area contributed by atoms with Crippen LogP contribution in [0.15, 0.2) is 124 Å². The second kappa shape index (κ2) is 14.6. The SMILES string of the molecule is COc1ccc([C@H]2C(C(=O)Nc3ccccc3C)=C(C)N=c3s/c(=C/c4ccc(OCc5cccc6ccccc56)c(OC)c4)c(=O)n32)cc1OC. The number of aromatic nitrogens is 1. The Balaban J connectivity index is 1.27. The third kappa shape index (κ3) is 6.56. The molecule has 10 heteroatoms. The summed E-state index contributed by atoms with van der Waals surface area (Å²) in [7, 11) is 4.70. The maximum Gasteiger partial charge on any atom is 0.271 e. The molecule has 1 aromatic heterocycles. The number of rotatable bonds is 10. The molecule has 1 aliphatic rings. The summed E-state index contributed by atoms with van der Waals surface area (Å²) >= 11 is 1.26. The van der Waals surface area contributed by atoms with E-state index in [-0.39, 0.29) is 11.5 Å². The fourth-order valence-electron chi connectivity index (χ4n) is 6.47. The number of thiazole rings is 1. The number of fused-ring (bicyclic) bond motifs is 2. The zero-order valence-corrected chi connectivity index (χ0v) is 30.2. The van der Waals surface area contributed by atoms with Gasteiger partial charge in [0.15, 0.2) is 27.8 Å². The number of hydrogen-bond donors (Lipinski definition) is 1. The molecule has 0 saturated heterocycles. The molecule has 1 N–H and O–H groups in total. The summed E-state index contributed by atoms with van der Waals surface area (Å²) < 4.78 is 25.1. The standard InChI is InChI=1S/C42H37N3O6S/c1-25-11-6-9-16-32(25)44-40(46)38-26(2)43-42-45(39(38)29-18-20-33(48-3)36(23-29)50-5)41(47)37(52-42)22-27-17-19-34(35(21-27)49-4)51-24-30-14-10-13-28-12-7-8-15-31(28)30/h6-23,39H,24H2,1-5H3,(H,44,46)/b37-22+/t39-/m0/s1. The smallest absolute Gasteiger partial charge is 0.271 e. The Morgan fingerprint density at radius 3 is 2.33 bits per heavy atom. The topological polar surface area (TPSA) is 100 Å². The lowest BCUT2D eigenvalue weighted by molar-refractivity contribution is -0.113. The van der Waals surface area contributed by atoms with Crippen LogP contribution in [0.4, 0.5) is 5.69 Å². The van der Waals surface area contributed by atoms with Gasteiger partial charge in [-0.3, -0.25) is 14.2 Å². The summed E-state index contributed by atoms with van der Waals surface area (Å²) in [5.74, 6) is 1.78. The number of benzene rings is 5. The fraction of sp³-hybridized carbons (Fsp3) is 0.167. The molecule has 0 saturated carbocycles. The second-order valence-corrected chi connectivity index (χ2v) is 13.3. The predicted octanol–water partition coefficient (Wildman–Crippen LogP) is 6.94. The molecule has 1 amide bonds. The molecular weight excluding hydrogens is 675 g/mol. The number of anilines is 1. The van der Waals surface area contributed by atoms with E-state index >= 15 is 0 Å². The number of carbonyl (C=O) groups is 1. The van der Waals surface area contributed by atoms with Gasteiger partial charge in [0, 0.05) is 5.69 Å². The van der Waals surface area contributed by atoms with Crippen molar-refractivity contribution in [1.29, 1.82) is 0 Å². The first kappa shape index (κ1) is 34.3. The highest BCUT2D eigenvalue weighted by Crippen LogP contribution is 2.36. The monoisotopic (exact) mass is 711 g/mol. The van der Waals surface area contributed by atoms with Crippen LogP contribution in [-0.2, 0) is 11.4 Å². The molecule has 9 nitrogen and oxygen atoms in total. The van der Waals surface area contributed by atoms with Gasteiger partial charge in [0.1, 0.15) is 6.61 Å². The van der Waals surface area contributed by atoms with E-state index < -0.39 is 6.04 Å². The molecule has 0 aliphatic carbocycles. The number of ether oxygens (including phenoxy) is 4. The van der Waals surface area contributed by atoms with E-state index in [1.165, 1.54) is 11.3 Å². The van der Waals surface area contributed by atoms with Gasteiger partial charge in [-0.05, 0) is 83.3 Å². The first-order chi connectivity index (χ1) is 25.3. The number of nitrogens with one attached hydrogen (secondary N) is 1. The van der Waals surface area contributed by atoms with Crippen LogP contribution < -0.4 is 39.2 Å². The van der Waals surface area contributed by atoms with Crippen LogP contribution in [0.2, 0.25) is 0 Å². The van der Waals surface area contributed by atoms with Gasteiger partial charge in [-0.1, -0.05) is 84.1 Å². The van der Waals surface area contributed by atoms with Gasteiger partial charge >= 0.3 is 0 Å². The molecule has 0 fully saturated rings. The molecule has 0 bridgehead atoms. The number of aryl methyl sites for hydroxylation is 1. The van der Waals surface area contributed by atoms with Gasteiger partial charge in [-0.2, -0.15) is 0 Å². The number of para-hydroxylation sites is 1. The number of methoxy groups -OCH3 is 3. The van der Waals surface area contributed by atoms with Crippen LogP contribution in [0.25, 0.3) is 16.8 Å². The summed E-state index contributed by atoms with van der Waals surface area (Å²) in [6.45, 7) is 4.08. The van der Waals surface area contributed by atoms with Crippen LogP contribution in [0.1, 0.15) is 35.2 Å². The molecule has 5 aromatic carbocycles. The van der Waals surface area contributed by atoms with Crippen molar-refractivity contribution in [2.24, 2.45) is 4.99 Å². The number of hydrogen-bond acceptors (Lipinski definition) is 8. The quantitative estimate of drug-likeness (QED) is 0.165. The zero-order chi connectivity index (χ0) is 36.4. The Morgan fingerprint density at radius 2 is 1.54 bits per heavy atom. The van der Waals surface area contributed by atoms with Crippen LogP contribution in [0.5, 0.6) is 23.0 Å². The van der Waals surface area contributed by atoms with E-state index in [2.05, 4.69) is 29.6 Å². The zero-order valence-electron chi connectivity index (χ0n) is 29.4. The Bertz CT molecular complexity index is 2550. The Kier molecular flexibility index (Phi) is 9.65. The highest BCUT2D eigenvalue weighted by Gasteiger charge is 2.33. The van der Waals surface area contributed by atoms with Gasteiger partial charge in [-0.15, -0.1) is 0 Å². The third-order valence-corrected chi connectivity index (χ3v) is 10.1. The second-order valence-electron chi connectivity index (χ2n) is 12.3. The number of nitrogens with zero attached hydrogens (tertiary/aromatic N) is 2. The minimum atomic E-state index is -0.790. The fourth-order valence-corrected chi connectivity index (χ4v) is 7.52. The molecular formula is C42H37N3O6S. The van der Waals surface area contributed by atoms with Crippen LogP contribution >= 0.6 is 11.3 Å². The van der Waals surface area contributed by atoms with Crippen molar-refractivity contribution in [3.05, 3.63) is 156 Å². The van der Waals surface area contributed by atoms with Crippen molar-refractivity contribution in [3.63, 3.8) is 0 Å². The highest BCUT2D eigenvalue weighted by molar-refractivity contribution is 7.07. The van der Waals surface area contributed by atoms with Gasteiger partial charge in [-0.25, -0.2) is 4.99 Å². The normalized spacial score (nSPS) is 14.1. The highest BCUT2D eigenvalue weighted by atomic mass is 32.1. The van der Waals surface area contributed by atoms with Gasteiger partial charge in [0.05, 0.1) is 43.2 Å². The van der Waals surface area contributed by atoms with Gasteiger partial charge in [0.25, 0.3) is 11.5 Å². The molecule has 1 aliphatic heterocycles. The molecule has 6 aromatic rings. The maximum absolute atomic E-state index is 14.4. The Hall–Kier alpha value is -6.13. The lowest BCUT2D eigenvalue weighted by Crippen LogP contribution is -2.40. The molecule has 0 radical (unpaired) electrons. The molecule has 2 heterocycles. The largest absolute Gasteiger partial charge is 0.493 e. The minimum Gasteiger partial charge on any atom is -0.493 e. The first-order valence-electron chi connectivity index (χ1n) is 16.7. The van der Waals surface area contributed by atoms with E-state index in [4.69, 9.17) is 23.9 Å². The summed E-state index contributed by atoms with van der Waals surface area (Å²) in [4.78, 5) is 33.7. The summed E-state index contributed by atoms with van der Waals surface area (Å²) in [5.41, 5.74) is 4.64. The maximum atomic E-state index is 14.4. The molecule has 0 unspecified atom stereocenters. The van der Waals surface area contributed by atoms with Gasteiger partial charge in [0.2, 0.25) is 0 Å². The molecule has 262 valence electrons. The molecule has 52 heavy (non-hydrogen) atoms. The van der Waals surface area contributed by atoms with E-state index in [9.17, 15) is 9.59 Å². The van der Waals surface area contributed by atoms with E-state index in [0.29, 0.717) is 61.5 Å². The first-order valence-corrected chi connectivity index (χ1v) is 17.5. The minimum absolute atomic E-state index is 0.285. The number of carbonyl (C=O) groups excluding carboxylic acids is 1. The molecule has 7 rings (SSSR count). The molecule has 1 atom stereocenters. The third-order valence-electron chi connectivity index (χ3n) is 9.13. The van der Waals surface area contributed by atoms with Crippen molar-refractivity contribution in [3.8, 4) is 23.0 Å². The van der Waals surface area contributed by atoms with Crippen molar-refractivity contribution in [1.82, 2.24) is 4.57 Å². The summed E-state index contributed by atoms with van der Waals surface area (Å²) in [6.07, 6.45) is 1.80. The summed E-state index contributed by atoms with van der Waals surface area (Å²) in [5, 5.41) is 5.33. The summed E-state index contributed by atoms with van der Waals surface area (Å²) in [6, 6.07) is 32.1. The molecule has 0 spiro atoms. The van der Waals surface area contributed by atoms with E-state index in [1.807, 2.05) is 73.7 Å². The average Bonchev–Trinajstić information content (AvgIpc) is 3.47. The van der Waals surface area contributed by atoms with Crippen LogP contribution in [0.3, 0.4) is 0 Å². The number of allylic oxidation sites excluding steroid dienone is 1. The van der Waals surface area contributed by atoms with Crippen LogP contribution in [0, 0.1) is 6.92 Å².